The van der Waals surface area contributed by atoms with Gasteiger partial charge in [-0.05, 0) is 12.1 Å². The number of hydrogen-bond acceptors (Lipinski definition) is 5. The van der Waals surface area contributed by atoms with Gasteiger partial charge >= 0.3 is 6.03 Å². The van der Waals surface area contributed by atoms with Crippen molar-refractivity contribution >= 4 is 23.4 Å². The molecule has 2 heterocycles. The van der Waals surface area contributed by atoms with Gasteiger partial charge in [0.15, 0.2) is 5.82 Å². The molecule has 0 radical (unpaired) electrons. The maximum Gasteiger partial charge on any atom is 0.337 e. The number of nitrogens with zero attached hydrogens (tertiary/aromatic N) is 2. The molecule has 3 amide bonds. The smallest absolute Gasteiger partial charge is 0.337 e. The first-order valence-electron chi connectivity index (χ1n) is 5.69. The quantitative estimate of drug-likeness (QED) is 0.514. The van der Waals surface area contributed by atoms with Crippen LogP contribution in [0, 0.1) is 0 Å². The van der Waals surface area contributed by atoms with Crippen LogP contribution in [0.25, 0.3) is 0 Å². The third-order valence-electron chi connectivity index (χ3n) is 2.31. The summed E-state index contributed by atoms with van der Waals surface area (Å²) in [7, 11) is 1.50. The number of carbonyl (C=O) groups excluding carboxylic acids is 2. The lowest BCUT2D eigenvalue weighted by molar-refractivity contribution is 0.0959. The van der Waals surface area contributed by atoms with Crippen LogP contribution in [0.4, 0.5) is 16.3 Å². The van der Waals surface area contributed by atoms with E-state index in [9.17, 15) is 9.59 Å². The number of hydrogen-bond donors (Lipinski definition) is 5. The Morgan fingerprint density at radius 2 is 2.20 bits per heavy atom. The van der Waals surface area contributed by atoms with Gasteiger partial charge in [-0.3, -0.25) is 15.2 Å². The van der Waals surface area contributed by atoms with E-state index < -0.39 is 6.03 Å². The Morgan fingerprint density at radius 3 is 2.90 bits per heavy atom. The lowest BCUT2D eigenvalue weighted by Crippen LogP contribution is -2.34. The number of nitrogens with one attached hydrogen (secondary N) is 5. The van der Waals surface area contributed by atoms with Crippen molar-refractivity contribution in [2.24, 2.45) is 0 Å². The van der Waals surface area contributed by atoms with Crippen molar-refractivity contribution in [3.05, 3.63) is 36.5 Å². The van der Waals surface area contributed by atoms with Crippen molar-refractivity contribution in [2.45, 2.75) is 0 Å². The van der Waals surface area contributed by atoms with Crippen LogP contribution < -0.4 is 21.5 Å². The van der Waals surface area contributed by atoms with Crippen molar-refractivity contribution in [1.29, 1.82) is 0 Å². The standard InChI is InChI=1S/C11H13N7O2/c1-12-10(19)8-9(15-6-14-8)17-18-11(20)16-7-3-2-4-13-5-7/h2-6,17H,1H3,(H,12,19)(H,14,15)(H2,16,18,20). The highest BCUT2D eigenvalue weighted by Gasteiger charge is 2.13. The van der Waals surface area contributed by atoms with Crippen LogP contribution in [0.3, 0.4) is 0 Å². The van der Waals surface area contributed by atoms with Crippen molar-refractivity contribution in [3.8, 4) is 0 Å². The lowest BCUT2D eigenvalue weighted by atomic mass is 10.4. The van der Waals surface area contributed by atoms with Gasteiger partial charge in [0.05, 0.1) is 18.2 Å². The fourth-order valence-electron chi connectivity index (χ4n) is 1.40. The summed E-state index contributed by atoms with van der Waals surface area (Å²) < 4.78 is 0. The van der Waals surface area contributed by atoms with Crippen LogP contribution in [0.1, 0.15) is 10.5 Å². The van der Waals surface area contributed by atoms with Crippen molar-refractivity contribution in [2.75, 3.05) is 17.8 Å². The molecule has 0 unspecified atom stereocenters. The predicted octanol–water partition coefficient (Wildman–Crippen LogP) is 0.313. The zero-order valence-corrected chi connectivity index (χ0v) is 10.6. The summed E-state index contributed by atoms with van der Waals surface area (Å²) in [6, 6.07) is 2.88. The molecular weight excluding hydrogens is 262 g/mol. The van der Waals surface area contributed by atoms with Gasteiger partial charge in [0.1, 0.15) is 5.69 Å². The third kappa shape index (κ3) is 3.22. The monoisotopic (exact) mass is 275 g/mol. The maximum atomic E-state index is 11.6. The van der Waals surface area contributed by atoms with E-state index in [1.165, 1.54) is 19.6 Å². The Balaban J connectivity index is 1.91. The summed E-state index contributed by atoms with van der Waals surface area (Å²) in [4.78, 5) is 33.5. The summed E-state index contributed by atoms with van der Waals surface area (Å²) in [6.45, 7) is 0. The van der Waals surface area contributed by atoms with Crippen LogP contribution in [0.2, 0.25) is 0 Å². The number of urea groups is 1. The highest BCUT2D eigenvalue weighted by atomic mass is 16.2. The second-order valence-corrected chi connectivity index (χ2v) is 3.65. The molecule has 2 rings (SSSR count). The van der Waals surface area contributed by atoms with E-state index >= 15 is 0 Å². The van der Waals surface area contributed by atoms with Gasteiger partial charge in [-0.25, -0.2) is 15.2 Å². The molecule has 0 aliphatic carbocycles. The van der Waals surface area contributed by atoms with E-state index in [1.807, 2.05) is 0 Å². The Kier molecular flexibility index (Phi) is 4.12. The number of rotatable bonds is 4. The molecule has 20 heavy (non-hydrogen) atoms. The molecule has 0 saturated carbocycles. The Hall–Kier alpha value is -3.10. The number of amides is 3. The topological polar surface area (TPSA) is 124 Å². The van der Waals surface area contributed by atoms with Gasteiger partial charge in [0.25, 0.3) is 5.91 Å². The van der Waals surface area contributed by atoms with Crippen LogP contribution >= 0.6 is 0 Å². The molecule has 2 aromatic rings. The molecule has 0 bridgehead atoms. The molecule has 0 aromatic carbocycles. The Bertz CT molecular complexity index is 596. The lowest BCUT2D eigenvalue weighted by Gasteiger charge is -2.08. The number of aromatic nitrogens is 3. The summed E-state index contributed by atoms with van der Waals surface area (Å²) in [5.41, 5.74) is 5.66. The minimum atomic E-state index is -0.510. The second kappa shape index (κ2) is 6.18. The van der Waals surface area contributed by atoms with E-state index in [0.717, 1.165) is 0 Å². The van der Waals surface area contributed by atoms with E-state index in [4.69, 9.17) is 0 Å². The number of anilines is 2. The first-order chi connectivity index (χ1) is 9.70. The molecule has 0 aliphatic rings. The average Bonchev–Trinajstić information content (AvgIpc) is 2.94. The number of H-pyrrole nitrogens is 1. The van der Waals surface area contributed by atoms with Gasteiger partial charge in [-0.2, -0.15) is 0 Å². The molecule has 0 saturated heterocycles. The number of aromatic amines is 1. The first-order valence-corrected chi connectivity index (χ1v) is 5.69. The highest BCUT2D eigenvalue weighted by molar-refractivity contribution is 5.97. The number of imidazole rings is 1. The minimum Gasteiger partial charge on any atom is -0.354 e. The van der Waals surface area contributed by atoms with E-state index in [0.29, 0.717) is 5.69 Å². The molecule has 0 spiro atoms. The van der Waals surface area contributed by atoms with E-state index in [2.05, 4.69) is 36.4 Å². The summed E-state index contributed by atoms with van der Waals surface area (Å²) >= 11 is 0. The number of carbonyl (C=O) groups is 2. The van der Waals surface area contributed by atoms with Crippen molar-refractivity contribution < 1.29 is 9.59 Å². The molecule has 5 N–H and O–H groups in total. The molecule has 0 atom stereocenters. The van der Waals surface area contributed by atoms with Gasteiger partial charge < -0.3 is 15.6 Å². The molecule has 0 fully saturated rings. The van der Waals surface area contributed by atoms with Crippen LogP contribution in [-0.4, -0.2) is 33.9 Å². The predicted molar refractivity (Wildman–Crippen MR) is 72.0 cm³/mol. The first kappa shape index (κ1) is 13.3. The molecule has 2 aromatic heterocycles. The van der Waals surface area contributed by atoms with Crippen LogP contribution in [0.5, 0.6) is 0 Å². The van der Waals surface area contributed by atoms with Gasteiger partial charge in [0, 0.05) is 13.2 Å². The zero-order chi connectivity index (χ0) is 14.4. The summed E-state index contributed by atoms with van der Waals surface area (Å²) in [5, 5.41) is 5.00. The van der Waals surface area contributed by atoms with E-state index in [1.54, 1.807) is 18.3 Å². The minimum absolute atomic E-state index is 0.214. The number of hydrazine groups is 1. The fourth-order valence-corrected chi connectivity index (χ4v) is 1.40. The average molecular weight is 275 g/mol. The molecule has 0 aliphatic heterocycles. The summed E-state index contributed by atoms with van der Waals surface area (Å²) in [5.74, 6) is -0.134. The normalized spacial score (nSPS) is 9.65. The fraction of sp³-hybridized carbons (Fsp3) is 0.0909. The van der Waals surface area contributed by atoms with Crippen LogP contribution in [-0.2, 0) is 0 Å². The SMILES string of the molecule is CNC(=O)c1[nH]cnc1NNC(=O)Nc1cccnc1. The molecule has 9 heteroatoms. The second-order valence-electron chi connectivity index (χ2n) is 3.65. The van der Waals surface area contributed by atoms with Gasteiger partial charge in [0.2, 0.25) is 0 Å². The maximum absolute atomic E-state index is 11.6. The summed E-state index contributed by atoms with van der Waals surface area (Å²) in [6.07, 6.45) is 4.44. The van der Waals surface area contributed by atoms with Gasteiger partial charge in [-0.15, -0.1) is 0 Å². The van der Waals surface area contributed by atoms with Gasteiger partial charge in [-0.1, -0.05) is 0 Å². The van der Waals surface area contributed by atoms with E-state index in [-0.39, 0.29) is 17.4 Å². The largest absolute Gasteiger partial charge is 0.354 e. The molecule has 9 nitrogen and oxygen atoms in total. The highest BCUT2D eigenvalue weighted by Crippen LogP contribution is 2.07. The third-order valence-corrected chi connectivity index (χ3v) is 2.31. The number of pyridine rings is 1. The van der Waals surface area contributed by atoms with Crippen molar-refractivity contribution in [3.63, 3.8) is 0 Å². The molecular formula is C11H13N7O2. The Morgan fingerprint density at radius 1 is 1.35 bits per heavy atom. The zero-order valence-electron chi connectivity index (χ0n) is 10.6. The molecule has 104 valence electrons. The van der Waals surface area contributed by atoms with Crippen LogP contribution in [0.15, 0.2) is 30.9 Å². The van der Waals surface area contributed by atoms with Crippen molar-refractivity contribution in [1.82, 2.24) is 25.7 Å². The Labute approximate surface area is 114 Å².